The van der Waals surface area contributed by atoms with Crippen LogP contribution in [0.1, 0.15) is 25.8 Å². The number of aliphatic imine (C=N–C) groups is 1. The van der Waals surface area contributed by atoms with Crippen LogP contribution in [0.4, 0.5) is 0 Å². The molecule has 0 aromatic heterocycles. The second-order valence-electron chi connectivity index (χ2n) is 6.46. The molecule has 1 aliphatic heterocycles. The molecule has 1 aliphatic rings. The highest BCUT2D eigenvalue weighted by molar-refractivity contribution is 14.0. The summed E-state index contributed by atoms with van der Waals surface area (Å²) in [5, 5.41) is 3.51. The van der Waals surface area contributed by atoms with Gasteiger partial charge in [-0.25, -0.2) is 0 Å². The van der Waals surface area contributed by atoms with E-state index in [2.05, 4.69) is 41.2 Å². The first-order valence-electron chi connectivity index (χ1n) is 8.26. The van der Waals surface area contributed by atoms with E-state index in [0.717, 1.165) is 49.9 Å². The molecule has 0 radical (unpaired) electrons. The highest BCUT2D eigenvalue weighted by Gasteiger charge is 2.28. The number of nitrogens with zero attached hydrogens (tertiary/aromatic N) is 2. The largest absolute Gasteiger partial charge is 0.497 e. The van der Waals surface area contributed by atoms with Crippen molar-refractivity contribution < 1.29 is 4.74 Å². The molecule has 1 heterocycles. The van der Waals surface area contributed by atoms with Crippen molar-refractivity contribution >= 4 is 41.7 Å². The normalized spacial score (nSPS) is 17.2. The molecular formula is C18H30IN3OS. The zero-order chi connectivity index (χ0) is 16.7. The number of thioether (sulfide) groups is 1. The van der Waals surface area contributed by atoms with Crippen LogP contribution in [0.3, 0.4) is 0 Å². The van der Waals surface area contributed by atoms with Gasteiger partial charge in [-0.15, -0.1) is 24.0 Å². The van der Waals surface area contributed by atoms with Crippen LogP contribution in [0, 0.1) is 0 Å². The lowest BCUT2D eigenvalue weighted by Crippen LogP contribution is -2.51. The summed E-state index contributed by atoms with van der Waals surface area (Å²) >= 11 is 2.04. The van der Waals surface area contributed by atoms with Gasteiger partial charge in [0.2, 0.25) is 0 Å². The number of halogens is 1. The Bertz CT molecular complexity index is 537. The summed E-state index contributed by atoms with van der Waals surface area (Å²) in [5.41, 5.74) is 1.32. The van der Waals surface area contributed by atoms with E-state index in [4.69, 9.17) is 4.74 Å². The predicted octanol–water partition coefficient (Wildman–Crippen LogP) is 3.65. The van der Waals surface area contributed by atoms with Gasteiger partial charge in [-0.05, 0) is 44.4 Å². The molecule has 0 bridgehead atoms. The molecule has 0 spiro atoms. The minimum Gasteiger partial charge on any atom is -0.497 e. The van der Waals surface area contributed by atoms with Crippen molar-refractivity contribution in [2.45, 2.75) is 31.4 Å². The van der Waals surface area contributed by atoms with Crippen molar-refractivity contribution in [3.63, 3.8) is 0 Å². The van der Waals surface area contributed by atoms with E-state index >= 15 is 0 Å². The quantitative estimate of drug-likeness (QED) is 0.313. The third kappa shape index (κ3) is 6.70. The van der Waals surface area contributed by atoms with Crippen molar-refractivity contribution in [1.82, 2.24) is 10.2 Å². The molecule has 6 heteroatoms. The van der Waals surface area contributed by atoms with Gasteiger partial charge in [0.05, 0.1) is 7.11 Å². The van der Waals surface area contributed by atoms with Gasteiger partial charge < -0.3 is 15.0 Å². The molecule has 0 unspecified atom stereocenters. The highest BCUT2D eigenvalue weighted by Crippen LogP contribution is 2.29. The summed E-state index contributed by atoms with van der Waals surface area (Å²) < 4.78 is 5.57. The van der Waals surface area contributed by atoms with E-state index in [-0.39, 0.29) is 24.0 Å². The topological polar surface area (TPSA) is 36.9 Å². The van der Waals surface area contributed by atoms with Gasteiger partial charge in [0.1, 0.15) is 5.75 Å². The number of hydrogen-bond acceptors (Lipinski definition) is 3. The van der Waals surface area contributed by atoms with Crippen molar-refractivity contribution in [1.29, 1.82) is 0 Å². The number of ether oxygens (including phenoxy) is 1. The lowest BCUT2D eigenvalue weighted by atomic mass is 10.1. The van der Waals surface area contributed by atoms with Gasteiger partial charge in [-0.2, -0.15) is 11.8 Å². The molecule has 1 fully saturated rings. The van der Waals surface area contributed by atoms with E-state index in [1.807, 2.05) is 30.9 Å². The second kappa shape index (κ2) is 10.4. The number of hydrogen-bond donors (Lipinski definition) is 1. The monoisotopic (exact) mass is 463 g/mol. The van der Waals surface area contributed by atoms with Crippen LogP contribution in [0.25, 0.3) is 0 Å². The van der Waals surface area contributed by atoms with Gasteiger partial charge >= 0.3 is 0 Å². The van der Waals surface area contributed by atoms with Gasteiger partial charge in [0.25, 0.3) is 0 Å². The molecule has 24 heavy (non-hydrogen) atoms. The maximum atomic E-state index is 5.27. The molecule has 136 valence electrons. The smallest absolute Gasteiger partial charge is 0.193 e. The Morgan fingerprint density at radius 2 is 2.21 bits per heavy atom. The number of aryl methyl sites for hydroxylation is 1. The molecule has 0 amide bonds. The molecule has 1 saturated heterocycles. The van der Waals surface area contributed by atoms with Crippen LogP contribution in [-0.2, 0) is 6.42 Å². The minimum atomic E-state index is 0. The maximum absolute atomic E-state index is 5.27. The average Bonchev–Trinajstić information content (AvgIpc) is 2.54. The first-order valence-corrected chi connectivity index (χ1v) is 9.25. The number of nitrogens with one attached hydrogen (secondary N) is 1. The Kier molecular flexibility index (Phi) is 9.26. The third-order valence-electron chi connectivity index (χ3n) is 4.00. The SMILES string of the molecule is CN=C(NCCCc1cccc(OC)c1)N1CCSC(C)(C)C1.I. The minimum absolute atomic E-state index is 0. The maximum Gasteiger partial charge on any atom is 0.193 e. The highest BCUT2D eigenvalue weighted by atomic mass is 127. The molecule has 0 aliphatic carbocycles. The average molecular weight is 463 g/mol. The summed E-state index contributed by atoms with van der Waals surface area (Å²) in [4.78, 5) is 6.83. The Morgan fingerprint density at radius 3 is 2.88 bits per heavy atom. The Labute approximate surface area is 167 Å². The number of guanidine groups is 1. The summed E-state index contributed by atoms with van der Waals surface area (Å²) in [7, 11) is 3.59. The third-order valence-corrected chi connectivity index (χ3v) is 5.29. The van der Waals surface area contributed by atoms with E-state index in [9.17, 15) is 0 Å². The molecule has 0 atom stereocenters. The fraction of sp³-hybridized carbons (Fsp3) is 0.611. The Morgan fingerprint density at radius 1 is 1.42 bits per heavy atom. The molecule has 4 nitrogen and oxygen atoms in total. The van der Waals surface area contributed by atoms with Crippen molar-refractivity contribution in [3.05, 3.63) is 29.8 Å². The summed E-state index contributed by atoms with van der Waals surface area (Å²) in [6.45, 7) is 7.67. The fourth-order valence-corrected chi connectivity index (χ4v) is 3.96. The number of rotatable bonds is 5. The Hall–Kier alpha value is -0.630. The van der Waals surface area contributed by atoms with E-state index < -0.39 is 0 Å². The zero-order valence-corrected chi connectivity index (χ0v) is 18.3. The van der Waals surface area contributed by atoms with Crippen molar-refractivity contribution in [2.24, 2.45) is 4.99 Å². The second-order valence-corrected chi connectivity index (χ2v) is 8.26. The lowest BCUT2D eigenvalue weighted by Gasteiger charge is -2.39. The first kappa shape index (κ1) is 21.4. The number of benzene rings is 1. The van der Waals surface area contributed by atoms with E-state index in [0.29, 0.717) is 4.75 Å². The summed E-state index contributed by atoms with van der Waals surface area (Å²) in [6.07, 6.45) is 2.13. The molecule has 2 rings (SSSR count). The van der Waals surface area contributed by atoms with Crippen molar-refractivity contribution in [3.8, 4) is 5.75 Å². The van der Waals surface area contributed by atoms with Gasteiger partial charge in [-0.3, -0.25) is 4.99 Å². The molecule has 1 N–H and O–H groups in total. The molecule has 0 saturated carbocycles. The van der Waals surface area contributed by atoms with E-state index in [1.54, 1.807) is 7.11 Å². The van der Waals surface area contributed by atoms with Crippen LogP contribution in [-0.4, -0.2) is 55.2 Å². The molecular weight excluding hydrogens is 433 g/mol. The Balaban J connectivity index is 0.00000288. The fourth-order valence-electron chi connectivity index (χ4n) is 2.85. The first-order chi connectivity index (χ1) is 11.0. The lowest BCUT2D eigenvalue weighted by molar-refractivity contribution is 0.375. The van der Waals surface area contributed by atoms with Gasteiger partial charge in [0, 0.05) is 37.2 Å². The van der Waals surface area contributed by atoms with E-state index in [1.165, 1.54) is 5.56 Å². The standard InChI is InChI=1S/C18H29N3OS.HI/c1-18(2)14-21(11-12-23-18)17(19-3)20-10-6-8-15-7-5-9-16(13-15)22-4;/h5,7,9,13H,6,8,10-12,14H2,1-4H3,(H,19,20);1H. The number of methoxy groups -OCH3 is 1. The van der Waals surface area contributed by atoms with Crippen molar-refractivity contribution in [2.75, 3.05) is 39.5 Å². The zero-order valence-electron chi connectivity index (χ0n) is 15.2. The van der Waals surface area contributed by atoms with Crippen LogP contribution in [0.15, 0.2) is 29.3 Å². The van der Waals surface area contributed by atoms with Crippen LogP contribution >= 0.6 is 35.7 Å². The molecule has 1 aromatic carbocycles. The van der Waals surface area contributed by atoms with Crippen LogP contribution in [0.5, 0.6) is 5.75 Å². The predicted molar refractivity (Wildman–Crippen MR) is 116 cm³/mol. The van der Waals surface area contributed by atoms with Gasteiger partial charge in [-0.1, -0.05) is 12.1 Å². The van der Waals surface area contributed by atoms with Gasteiger partial charge in [0.15, 0.2) is 5.96 Å². The van der Waals surface area contributed by atoms with Crippen LogP contribution in [0.2, 0.25) is 0 Å². The molecule has 1 aromatic rings. The van der Waals surface area contributed by atoms with Crippen LogP contribution < -0.4 is 10.1 Å². The summed E-state index contributed by atoms with van der Waals surface area (Å²) in [6, 6.07) is 8.30. The summed E-state index contributed by atoms with van der Waals surface area (Å²) in [5.74, 6) is 3.13.